The average molecular weight is 276 g/mol. The third-order valence-corrected chi connectivity index (χ3v) is 3.98. The van der Waals surface area contributed by atoms with Gasteiger partial charge >= 0.3 is 6.03 Å². The lowest BCUT2D eigenvalue weighted by molar-refractivity contribution is -0.0905. The van der Waals surface area contributed by atoms with E-state index in [9.17, 15) is 4.79 Å². The Bertz CT molecular complexity index is 520. The molecule has 20 heavy (non-hydrogen) atoms. The Kier molecular flexibility index (Phi) is 3.30. The first-order chi connectivity index (χ1) is 9.64. The van der Waals surface area contributed by atoms with Gasteiger partial charge in [0.2, 0.25) is 0 Å². The van der Waals surface area contributed by atoms with E-state index in [1.165, 1.54) is 0 Å². The van der Waals surface area contributed by atoms with Crippen LogP contribution in [-0.4, -0.2) is 36.4 Å². The van der Waals surface area contributed by atoms with E-state index < -0.39 is 5.72 Å². The number of amides is 2. The molecule has 2 unspecified atom stereocenters. The van der Waals surface area contributed by atoms with Crippen LogP contribution in [-0.2, 0) is 4.74 Å². The standard InChI is InChI=1S/C15H20N2O3/c1-3-19-9-8-17-14(18)16-12-10-15(17,2)20-13-7-5-4-6-11(12)13/h4-7,12H,3,8-10H2,1-2H3,(H,16,18). The predicted octanol–water partition coefficient (Wildman–Crippen LogP) is 2.29. The molecular formula is C15H20N2O3. The number of rotatable bonds is 4. The number of urea groups is 1. The van der Waals surface area contributed by atoms with E-state index in [1.807, 2.05) is 38.1 Å². The molecule has 1 aromatic rings. The first-order valence-corrected chi connectivity index (χ1v) is 7.08. The van der Waals surface area contributed by atoms with Crippen molar-refractivity contribution in [2.45, 2.75) is 32.0 Å². The van der Waals surface area contributed by atoms with Crippen LogP contribution >= 0.6 is 0 Å². The number of carbonyl (C=O) groups is 1. The van der Waals surface area contributed by atoms with Gasteiger partial charge in [0.05, 0.1) is 12.6 Å². The van der Waals surface area contributed by atoms with Crippen molar-refractivity contribution in [3.05, 3.63) is 29.8 Å². The smallest absolute Gasteiger partial charge is 0.321 e. The number of hydrogen-bond donors (Lipinski definition) is 1. The van der Waals surface area contributed by atoms with Crippen LogP contribution in [0.3, 0.4) is 0 Å². The number of nitrogens with one attached hydrogen (secondary N) is 1. The van der Waals surface area contributed by atoms with Gasteiger partial charge in [-0.25, -0.2) is 4.79 Å². The van der Waals surface area contributed by atoms with Gasteiger partial charge in [0.15, 0.2) is 5.72 Å². The summed E-state index contributed by atoms with van der Waals surface area (Å²) in [6.45, 7) is 5.63. The minimum Gasteiger partial charge on any atom is -0.468 e. The molecule has 2 atom stereocenters. The van der Waals surface area contributed by atoms with E-state index in [0.29, 0.717) is 19.8 Å². The maximum Gasteiger partial charge on any atom is 0.321 e. The van der Waals surface area contributed by atoms with Crippen molar-refractivity contribution in [3.8, 4) is 5.75 Å². The van der Waals surface area contributed by atoms with Crippen molar-refractivity contribution >= 4 is 6.03 Å². The van der Waals surface area contributed by atoms with Crippen LogP contribution < -0.4 is 10.1 Å². The fourth-order valence-corrected chi connectivity index (χ4v) is 3.00. The third-order valence-electron chi connectivity index (χ3n) is 3.98. The summed E-state index contributed by atoms with van der Waals surface area (Å²) in [5.41, 5.74) is 0.459. The Labute approximate surface area is 118 Å². The molecule has 5 nitrogen and oxygen atoms in total. The molecule has 0 spiro atoms. The second kappa shape index (κ2) is 4.98. The second-order valence-corrected chi connectivity index (χ2v) is 5.37. The summed E-state index contributed by atoms with van der Waals surface area (Å²) < 4.78 is 11.5. The van der Waals surface area contributed by atoms with Crippen LogP contribution in [0.2, 0.25) is 0 Å². The van der Waals surface area contributed by atoms with Crippen molar-refractivity contribution in [3.63, 3.8) is 0 Å². The summed E-state index contributed by atoms with van der Waals surface area (Å²) in [7, 11) is 0. The van der Waals surface area contributed by atoms with Crippen LogP contribution in [0.25, 0.3) is 0 Å². The van der Waals surface area contributed by atoms with Gasteiger partial charge in [-0.1, -0.05) is 18.2 Å². The monoisotopic (exact) mass is 276 g/mol. The number of hydrogen-bond acceptors (Lipinski definition) is 3. The van der Waals surface area contributed by atoms with E-state index in [4.69, 9.17) is 9.47 Å². The van der Waals surface area contributed by atoms with Crippen molar-refractivity contribution in [1.29, 1.82) is 0 Å². The lowest BCUT2D eigenvalue weighted by atomic mass is 9.90. The van der Waals surface area contributed by atoms with Gasteiger partial charge in [-0.2, -0.15) is 0 Å². The van der Waals surface area contributed by atoms with Crippen LogP contribution in [0.1, 0.15) is 31.9 Å². The second-order valence-electron chi connectivity index (χ2n) is 5.37. The lowest BCUT2D eigenvalue weighted by Gasteiger charge is -2.50. The molecule has 1 fully saturated rings. The Morgan fingerprint density at radius 2 is 2.30 bits per heavy atom. The number of ether oxygens (including phenoxy) is 2. The summed E-state index contributed by atoms with van der Waals surface area (Å²) in [5.74, 6) is 0.854. The van der Waals surface area contributed by atoms with Gasteiger partial charge in [-0.3, -0.25) is 4.90 Å². The first-order valence-electron chi connectivity index (χ1n) is 7.08. The number of para-hydroxylation sites is 1. The van der Waals surface area contributed by atoms with Crippen molar-refractivity contribution in [2.75, 3.05) is 19.8 Å². The molecule has 1 N–H and O–H groups in total. The fraction of sp³-hybridized carbons (Fsp3) is 0.533. The van der Waals surface area contributed by atoms with Crippen LogP contribution in [0.4, 0.5) is 4.79 Å². The topological polar surface area (TPSA) is 50.8 Å². The zero-order valence-electron chi connectivity index (χ0n) is 11.9. The summed E-state index contributed by atoms with van der Waals surface area (Å²) in [6.07, 6.45) is 0.752. The van der Waals surface area contributed by atoms with Crippen molar-refractivity contribution in [2.24, 2.45) is 0 Å². The van der Waals surface area contributed by atoms with E-state index in [-0.39, 0.29) is 12.1 Å². The lowest BCUT2D eigenvalue weighted by Crippen LogP contribution is -2.65. The predicted molar refractivity (Wildman–Crippen MR) is 74.6 cm³/mol. The van der Waals surface area contributed by atoms with E-state index in [0.717, 1.165) is 17.7 Å². The molecule has 2 aliphatic rings. The molecule has 108 valence electrons. The van der Waals surface area contributed by atoms with Crippen LogP contribution in [0, 0.1) is 0 Å². The largest absolute Gasteiger partial charge is 0.468 e. The van der Waals surface area contributed by atoms with Gasteiger partial charge in [-0.05, 0) is 19.9 Å². The number of nitrogens with zero attached hydrogens (tertiary/aromatic N) is 1. The molecule has 0 radical (unpaired) electrons. The maximum atomic E-state index is 12.3. The Morgan fingerprint density at radius 1 is 1.50 bits per heavy atom. The summed E-state index contributed by atoms with van der Waals surface area (Å²) in [5, 5.41) is 3.06. The van der Waals surface area contributed by atoms with Crippen LogP contribution in [0.5, 0.6) is 5.75 Å². The Morgan fingerprint density at radius 3 is 3.10 bits per heavy atom. The van der Waals surface area contributed by atoms with E-state index in [2.05, 4.69) is 5.32 Å². The molecule has 1 aromatic carbocycles. The number of carbonyl (C=O) groups excluding carboxylic acids is 1. The molecule has 0 aliphatic carbocycles. The van der Waals surface area contributed by atoms with Crippen molar-refractivity contribution in [1.82, 2.24) is 10.2 Å². The zero-order chi connectivity index (χ0) is 14.2. The van der Waals surface area contributed by atoms with Gasteiger partial charge < -0.3 is 14.8 Å². The van der Waals surface area contributed by atoms with Crippen molar-refractivity contribution < 1.29 is 14.3 Å². The Balaban J connectivity index is 1.86. The first kappa shape index (κ1) is 13.2. The number of benzene rings is 1. The molecule has 2 bridgehead atoms. The molecule has 2 amide bonds. The minimum absolute atomic E-state index is 0.0285. The molecule has 3 rings (SSSR count). The minimum atomic E-state index is -0.599. The molecule has 2 heterocycles. The van der Waals surface area contributed by atoms with E-state index >= 15 is 0 Å². The summed E-state index contributed by atoms with van der Waals surface area (Å²) in [4.78, 5) is 14.0. The maximum absolute atomic E-state index is 12.3. The molecule has 5 heteroatoms. The van der Waals surface area contributed by atoms with Gasteiger partial charge in [0.25, 0.3) is 0 Å². The quantitative estimate of drug-likeness (QED) is 0.858. The average Bonchev–Trinajstić information content (AvgIpc) is 2.42. The molecule has 0 saturated carbocycles. The highest BCUT2D eigenvalue weighted by Crippen LogP contribution is 2.43. The third kappa shape index (κ3) is 2.12. The molecular weight excluding hydrogens is 256 g/mol. The Hall–Kier alpha value is -1.75. The number of fused-ring (bicyclic) bond motifs is 4. The summed E-state index contributed by atoms with van der Waals surface area (Å²) in [6, 6.07) is 7.83. The molecule has 2 aliphatic heterocycles. The SMILES string of the molecule is CCOCCN1C(=O)NC2CC1(C)Oc1ccccc12. The summed E-state index contributed by atoms with van der Waals surface area (Å²) >= 11 is 0. The zero-order valence-corrected chi connectivity index (χ0v) is 11.9. The van der Waals surface area contributed by atoms with Gasteiger partial charge in [-0.15, -0.1) is 0 Å². The highest BCUT2D eigenvalue weighted by Gasteiger charge is 2.48. The highest BCUT2D eigenvalue weighted by molar-refractivity contribution is 5.77. The van der Waals surface area contributed by atoms with E-state index in [1.54, 1.807) is 4.90 Å². The molecule has 0 aromatic heterocycles. The van der Waals surface area contributed by atoms with Crippen LogP contribution in [0.15, 0.2) is 24.3 Å². The van der Waals surface area contributed by atoms with Gasteiger partial charge in [0, 0.05) is 25.1 Å². The molecule has 1 saturated heterocycles. The fourth-order valence-electron chi connectivity index (χ4n) is 3.00. The highest BCUT2D eigenvalue weighted by atomic mass is 16.5. The van der Waals surface area contributed by atoms with Gasteiger partial charge in [0.1, 0.15) is 5.75 Å². The normalized spacial score (nSPS) is 27.6.